The van der Waals surface area contributed by atoms with Crippen molar-refractivity contribution in [3.8, 4) is 12.3 Å². The maximum Gasteiger partial charge on any atom is 0.293 e. The number of nitro benzene ring substituents is 1. The van der Waals surface area contributed by atoms with Gasteiger partial charge in [-0.05, 0) is 19.9 Å². The lowest BCUT2D eigenvalue weighted by Crippen LogP contribution is -2.28. The van der Waals surface area contributed by atoms with Gasteiger partial charge in [-0.3, -0.25) is 14.9 Å². The molecule has 1 heterocycles. The first-order valence-corrected chi connectivity index (χ1v) is 5.76. The van der Waals surface area contributed by atoms with E-state index in [1.807, 2.05) is 0 Å². The number of fused-ring (bicyclic) bond motifs is 1. The lowest BCUT2D eigenvalue weighted by atomic mass is 10.1. The van der Waals surface area contributed by atoms with Gasteiger partial charge in [-0.2, -0.15) is 0 Å². The van der Waals surface area contributed by atoms with Gasteiger partial charge in [0.15, 0.2) is 0 Å². The Morgan fingerprint density at radius 2 is 2.20 bits per heavy atom. The van der Waals surface area contributed by atoms with Crippen molar-refractivity contribution in [2.24, 2.45) is 0 Å². The van der Waals surface area contributed by atoms with Crippen LogP contribution in [0.2, 0.25) is 0 Å². The highest BCUT2D eigenvalue weighted by Crippen LogP contribution is 2.29. The Hall–Kier alpha value is -2.88. The molecule has 0 bridgehead atoms. The molecule has 0 aliphatic heterocycles. The average molecular weight is 272 g/mol. The van der Waals surface area contributed by atoms with Crippen LogP contribution in [0.5, 0.6) is 0 Å². The molecule has 7 heteroatoms. The highest BCUT2D eigenvalue weighted by molar-refractivity contribution is 5.86. The van der Waals surface area contributed by atoms with E-state index in [-0.39, 0.29) is 16.8 Å². The van der Waals surface area contributed by atoms with Crippen molar-refractivity contribution >= 4 is 22.3 Å². The molecular weight excluding hydrogens is 260 g/mol. The lowest BCUT2D eigenvalue weighted by Gasteiger charge is -2.21. The fourth-order valence-electron chi connectivity index (χ4n) is 1.73. The number of nitrogens with zero attached hydrogens (tertiary/aromatic N) is 2. The number of nitrogens with one attached hydrogen (secondary N) is 2. The van der Waals surface area contributed by atoms with E-state index in [1.165, 1.54) is 18.5 Å². The zero-order chi connectivity index (χ0) is 14.9. The smallest absolute Gasteiger partial charge is 0.293 e. The van der Waals surface area contributed by atoms with Gasteiger partial charge in [-0.15, -0.1) is 6.42 Å². The molecule has 2 aromatic rings. The fraction of sp³-hybridized carbons (Fsp3) is 0.231. The second-order valence-electron chi connectivity index (χ2n) is 4.77. The average Bonchev–Trinajstić information content (AvgIpc) is 2.37. The van der Waals surface area contributed by atoms with Crippen molar-refractivity contribution in [2.45, 2.75) is 19.4 Å². The third kappa shape index (κ3) is 2.44. The maximum absolute atomic E-state index is 11.6. The van der Waals surface area contributed by atoms with Crippen molar-refractivity contribution in [3.05, 3.63) is 38.9 Å². The molecular formula is C13H12N4O3. The lowest BCUT2D eigenvalue weighted by molar-refractivity contribution is -0.383. The van der Waals surface area contributed by atoms with Gasteiger partial charge in [0.1, 0.15) is 5.69 Å². The molecule has 7 nitrogen and oxygen atoms in total. The van der Waals surface area contributed by atoms with Crippen LogP contribution >= 0.6 is 0 Å². The molecule has 0 aliphatic rings. The van der Waals surface area contributed by atoms with Crippen LogP contribution in [-0.2, 0) is 0 Å². The van der Waals surface area contributed by atoms with Crippen LogP contribution in [0.4, 0.5) is 11.4 Å². The second-order valence-corrected chi connectivity index (χ2v) is 4.77. The van der Waals surface area contributed by atoms with Gasteiger partial charge in [-0.1, -0.05) is 5.92 Å². The SMILES string of the molecule is C#CC(C)(C)Nc1cc2nc[nH]c(=O)c2cc1[N+](=O)[O-]. The van der Waals surface area contributed by atoms with Gasteiger partial charge in [0.05, 0.1) is 27.7 Å². The zero-order valence-corrected chi connectivity index (χ0v) is 10.9. The highest BCUT2D eigenvalue weighted by atomic mass is 16.6. The molecule has 0 spiro atoms. The van der Waals surface area contributed by atoms with E-state index in [4.69, 9.17) is 6.42 Å². The molecule has 1 aromatic carbocycles. The summed E-state index contributed by atoms with van der Waals surface area (Å²) in [6.45, 7) is 3.43. The van der Waals surface area contributed by atoms with Crippen molar-refractivity contribution in [1.82, 2.24) is 9.97 Å². The summed E-state index contributed by atoms with van der Waals surface area (Å²) >= 11 is 0. The molecule has 0 amide bonds. The molecule has 0 unspecified atom stereocenters. The van der Waals surface area contributed by atoms with Gasteiger partial charge in [0, 0.05) is 6.07 Å². The molecule has 0 fully saturated rings. The molecule has 2 rings (SSSR count). The molecule has 0 atom stereocenters. The van der Waals surface area contributed by atoms with E-state index in [0.29, 0.717) is 5.52 Å². The predicted octanol–water partition coefficient (Wildman–Crippen LogP) is 1.65. The minimum atomic E-state index is -0.764. The summed E-state index contributed by atoms with van der Waals surface area (Å²) in [6.07, 6.45) is 6.61. The Labute approximate surface area is 114 Å². The number of terminal acetylenes is 1. The number of benzene rings is 1. The Bertz CT molecular complexity index is 786. The van der Waals surface area contributed by atoms with Crippen LogP contribution in [0.15, 0.2) is 23.3 Å². The second kappa shape index (κ2) is 4.66. The topological polar surface area (TPSA) is 101 Å². The first kappa shape index (κ1) is 13.5. The minimum Gasteiger partial charge on any atom is -0.364 e. The molecule has 0 radical (unpaired) electrons. The molecule has 0 aliphatic carbocycles. The summed E-state index contributed by atoms with van der Waals surface area (Å²) in [6, 6.07) is 2.64. The maximum atomic E-state index is 11.6. The Morgan fingerprint density at radius 1 is 1.50 bits per heavy atom. The highest BCUT2D eigenvalue weighted by Gasteiger charge is 2.22. The van der Waals surface area contributed by atoms with E-state index >= 15 is 0 Å². The van der Waals surface area contributed by atoms with Gasteiger partial charge in [-0.25, -0.2) is 4.98 Å². The van der Waals surface area contributed by atoms with Crippen LogP contribution in [0, 0.1) is 22.5 Å². The van der Waals surface area contributed by atoms with Crippen LogP contribution < -0.4 is 10.9 Å². The number of nitro groups is 1. The number of hydrogen-bond donors (Lipinski definition) is 2. The summed E-state index contributed by atoms with van der Waals surface area (Å²) in [5.74, 6) is 2.49. The van der Waals surface area contributed by atoms with Crippen LogP contribution in [0.3, 0.4) is 0 Å². The van der Waals surface area contributed by atoms with Gasteiger partial charge >= 0.3 is 0 Å². The largest absolute Gasteiger partial charge is 0.364 e. The molecule has 1 aromatic heterocycles. The number of rotatable bonds is 3. The number of H-pyrrole nitrogens is 1. The Morgan fingerprint density at radius 3 is 2.80 bits per heavy atom. The molecule has 0 saturated heterocycles. The molecule has 2 N–H and O–H groups in total. The van der Waals surface area contributed by atoms with Gasteiger partial charge < -0.3 is 10.3 Å². The van der Waals surface area contributed by atoms with Crippen LogP contribution in [-0.4, -0.2) is 20.4 Å². The summed E-state index contributed by atoms with van der Waals surface area (Å²) in [4.78, 5) is 28.6. The summed E-state index contributed by atoms with van der Waals surface area (Å²) < 4.78 is 0. The first-order chi connectivity index (χ1) is 9.34. The van der Waals surface area contributed by atoms with Crippen LogP contribution in [0.25, 0.3) is 10.9 Å². The molecule has 0 saturated carbocycles. The monoisotopic (exact) mass is 272 g/mol. The normalized spacial score (nSPS) is 11.1. The summed E-state index contributed by atoms with van der Waals surface area (Å²) in [7, 11) is 0. The zero-order valence-electron chi connectivity index (χ0n) is 10.9. The van der Waals surface area contributed by atoms with Crippen molar-refractivity contribution in [3.63, 3.8) is 0 Å². The number of aromatic nitrogens is 2. The standard InChI is InChI=1S/C13H12N4O3/c1-4-13(2,3)16-10-6-9-8(5-11(10)17(19)20)12(18)15-7-14-9/h1,5-7,16H,2-3H3,(H,14,15,18). The van der Waals surface area contributed by atoms with E-state index in [9.17, 15) is 14.9 Å². The van der Waals surface area contributed by atoms with Gasteiger partial charge in [0.25, 0.3) is 11.2 Å². The van der Waals surface area contributed by atoms with E-state index < -0.39 is 16.0 Å². The number of hydrogen-bond acceptors (Lipinski definition) is 5. The summed E-state index contributed by atoms with van der Waals surface area (Å²) in [5, 5.41) is 14.2. The fourth-order valence-corrected chi connectivity index (χ4v) is 1.73. The third-order valence-electron chi connectivity index (χ3n) is 2.76. The minimum absolute atomic E-state index is 0.156. The predicted molar refractivity (Wildman–Crippen MR) is 75.6 cm³/mol. The van der Waals surface area contributed by atoms with Crippen molar-refractivity contribution in [2.75, 3.05) is 5.32 Å². The van der Waals surface area contributed by atoms with E-state index in [1.54, 1.807) is 13.8 Å². The number of anilines is 1. The van der Waals surface area contributed by atoms with Crippen molar-refractivity contribution in [1.29, 1.82) is 0 Å². The van der Waals surface area contributed by atoms with Gasteiger partial charge in [0.2, 0.25) is 0 Å². The summed E-state index contributed by atoms with van der Waals surface area (Å²) in [5.41, 5.74) is -0.835. The van der Waals surface area contributed by atoms with E-state index in [2.05, 4.69) is 21.2 Å². The van der Waals surface area contributed by atoms with E-state index in [0.717, 1.165) is 0 Å². The quantitative estimate of drug-likeness (QED) is 0.502. The first-order valence-electron chi connectivity index (χ1n) is 5.76. The third-order valence-corrected chi connectivity index (χ3v) is 2.76. The Kier molecular flexibility index (Phi) is 3.16. The number of aromatic amines is 1. The molecule has 102 valence electrons. The molecule has 20 heavy (non-hydrogen) atoms. The van der Waals surface area contributed by atoms with Crippen LogP contribution in [0.1, 0.15) is 13.8 Å². The van der Waals surface area contributed by atoms with Crippen molar-refractivity contribution < 1.29 is 4.92 Å². The Balaban J connectivity index is 2.70.